The van der Waals surface area contributed by atoms with Crippen LogP contribution in [-0.2, 0) is 16.1 Å². The van der Waals surface area contributed by atoms with Crippen LogP contribution in [0.2, 0.25) is 0 Å². The molecule has 0 saturated carbocycles. The zero-order valence-electron chi connectivity index (χ0n) is 15.1. The van der Waals surface area contributed by atoms with Crippen LogP contribution < -0.4 is 5.32 Å². The number of hydrogen-bond donors (Lipinski definition) is 1. The molecule has 1 amide bonds. The van der Waals surface area contributed by atoms with Crippen LogP contribution in [-0.4, -0.2) is 73.2 Å². The number of benzene rings is 1. The first-order valence-corrected chi connectivity index (χ1v) is 10.3. The first-order chi connectivity index (χ1) is 12.2. The Balaban J connectivity index is 1.47. The summed E-state index contributed by atoms with van der Waals surface area (Å²) in [6.07, 6.45) is 2.37. The van der Waals surface area contributed by atoms with Gasteiger partial charge in [0.2, 0.25) is 5.91 Å². The van der Waals surface area contributed by atoms with Crippen LogP contribution >= 0.6 is 11.8 Å². The lowest BCUT2D eigenvalue weighted by Crippen LogP contribution is -2.41. The molecule has 2 saturated heterocycles. The third kappa shape index (κ3) is 5.99. The highest BCUT2D eigenvalue weighted by Crippen LogP contribution is 2.17. The number of carbonyl (C=O) groups excluding carboxylic acids is 1. The molecule has 1 aromatic rings. The van der Waals surface area contributed by atoms with Crippen molar-refractivity contribution in [2.75, 3.05) is 56.7 Å². The van der Waals surface area contributed by atoms with Crippen molar-refractivity contribution in [1.29, 1.82) is 0 Å². The maximum Gasteiger partial charge on any atom is 0.238 e. The fraction of sp³-hybridized carbons (Fsp3) is 0.632. The number of piperidine rings is 1. The number of hydrogen-bond acceptors (Lipinski definition) is 5. The molecule has 6 heteroatoms. The summed E-state index contributed by atoms with van der Waals surface area (Å²) in [6, 6.07) is 8.27. The zero-order valence-corrected chi connectivity index (χ0v) is 15.9. The minimum atomic E-state index is 0.0717. The molecule has 2 aliphatic heterocycles. The van der Waals surface area contributed by atoms with Crippen molar-refractivity contribution in [3.8, 4) is 0 Å². The molecule has 25 heavy (non-hydrogen) atoms. The topological polar surface area (TPSA) is 44.8 Å². The second-order valence-electron chi connectivity index (χ2n) is 6.85. The maximum absolute atomic E-state index is 12.3. The summed E-state index contributed by atoms with van der Waals surface area (Å²) in [5.74, 6) is 2.51. The lowest BCUT2D eigenvalue weighted by molar-refractivity contribution is -0.117. The monoisotopic (exact) mass is 363 g/mol. The molecule has 0 spiro atoms. The van der Waals surface area contributed by atoms with E-state index in [1.54, 1.807) is 7.11 Å². The predicted octanol–water partition coefficient (Wildman–Crippen LogP) is 2.28. The molecule has 0 atom stereocenters. The lowest BCUT2D eigenvalue weighted by atomic mass is 10.1. The van der Waals surface area contributed by atoms with Crippen molar-refractivity contribution >= 4 is 23.4 Å². The average Bonchev–Trinajstić information content (AvgIpc) is 2.63. The number of methoxy groups -OCH3 is 1. The predicted molar refractivity (Wildman–Crippen MR) is 104 cm³/mol. The summed E-state index contributed by atoms with van der Waals surface area (Å²) >= 11 is 2.03. The van der Waals surface area contributed by atoms with E-state index in [9.17, 15) is 4.79 Å². The summed E-state index contributed by atoms with van der Waals surface area (Å²) in [7, 11) is 1.77. The molecule has 2 aliphatic rings. The Hall–Kier alpha value is -1.08. The number of anilines is 1. The molecule has 3 rings (SSSR count). The lowest BCUT2D eigenvalue weighted by Gasteiger charge is -2.30. The summed E-state index contributed by atoms with van der Waals surface area (Å²) in [5, 5.41) is 3.06. The van der Waals surface area contributed by atoms with Gasteiger partial charge < -0.3 is 10.1 Å². The van der Waals surface area contributed by atoms with Crippen LogP contribution in [0.3, 0.4) is 0 Å². The SMILES string of the molecule is COC1CCN(CC(=O)Nc2cccc(CN3CCSCC3)c2)CC1. The fourth-order valence-corrected chi connectivity index (χ4v) is 4.45. The number of nitrogens with one attached hydrogen (secondary N) is 1. The van der Waals surface area contributed by atoms with Gasteiger partial charge in [-0.05, 0) is 30.5 Å². The highest BCUT2D eigenvalue weighted by atomic mass is 32.2. The minimum absolute atomic E-state index is 0.0717. The molecular formula is C19H29N3O2S. The van der Waals surface area contributed by atoms with E-state index < -0.39 is 0 Å². The van der Waals surface area contributed by atoms with E-state index >= 15 is 0 Å². The van der Waals surface area contributed by atoms with Gasteiger partial charge in [0.15, 0.2) is 0 Å². The average molecular weight is 364 g/mol. The van der Waals surface area contributed by atoms with Gasteiger partial charge in [0.25, 0.3) is 0 Å². The molecule has 1 aromatic carbocycles. The summed E-state index contributed by atoms with van der Waals surface area (Å²) in [4.78, 5) is 17.0. The van der Waals surface area contributed by atoms with Gasteiger partial charge in [0.1, 0.15) is 0 Å². The first-order valence-electron chi connectivity index (χ1n) is 9.17. The standard InChI is InChI=1S/C19H29N3O2S/c1-24-18-5-7-21(8-6-18)15-19(23)20-17-4-2-3-16(13-17)14-22-9-11-25-12-10-22/h2-4,13,18H,5-12,14-15H2,1H3,(H,20,23). The van der Waals surface area contributed by atoms with Crippen LogP contribution in [0.25, 0.3) is 0 Å². The first kappa shape index (κ1) is 18.7. The fourth-order valence-electron chi connectivity index (χ4n) is 3.47. The van der Waals surface area contributed by atoms with E-state index in [1.807, 2.05) is 23.9 Å². The second-order valence-corrected chi connectivity index (χ2v) is 8.07. The highest BCUT2D eigenvalue weighted by molar-refractivity contribution is 7.99. The smallest absolute Gasteiger partial charge is 0.238 e. The number of amides is 1. The Morgan fingerprint density at radius 1 is 1.20 bits per heavy atom. The van der Waals surface area contributed by atoms with E-state index in [1.165, 1.54) is 17.1 Å². The van der Waals surface area contributed by atoms with E-state index in [2.05, 4.69) is 27.2 Å². The van der Waals surface area contributed by atoms with Gasteiger partial charge in [-0.15, -0.1) is 0 Å². The zero-order chi connectivity index (χ0) is 17.5. The van der Waals surface area contributed by atoms with Gasteiger partial charge in [-0.25, -0.2) is 0 Å². The number of likely N-dealkylation sites (tertiary alicyclic amines) is 1. The van der Waals surface area contributed by atoms with Crippen molar-refractivity contribution in [2.24, 2.45) is 0 Å². The van der Waals surface area contributed by atoms with E-state index in [0.29, 0.717) is 12.6 Å². The van der Waals surface area contributed by atoms with Gasteiger partial charge in [-0.3, -0.25) is 14.6 Å². The number of carbonyl (C=O) groups is 1. The third-order valence-electron chi connectivity index (χ3n) is 4.96. The van der Waals surface area contributed by atoms with Crippen molar-refractivity contribution in [3.05, 3.63) is 29.8 Å². The summed E-state index contributed by atoms with van der Waals surface area (Å²) in [5.41, 5.74) is 2.17. The Kier molecular flexibility index (Phi) is 7.16. The van der Waals surface area contributed by atoms with Gasteiger partial charge in [0.05, 0.1) is 12.6 Å². The minimum Gasteiger partial charge on any atom is -0.381 e. The van der Waals surface area contributed by atoms with Crippen molar-refractivity contribution in [2.45, 2.75) is 25.5 Å². The van der Waals surface area contributed by atoms with E-state index in [4.69, 9.17) is 4.74 Å². The number of rotatable bonds is 6. The Bertz CT molecular complexity index is 555. The quantitative estimate of drug-likeness (QED) is 0.840. The van der Waals surface area contributed by atoms with Crippen LogP contribution in [0, 0.1) is 0 Å². The Morgan fingerprint density at radius 2 is 1.96 bits per heavy atom. The van der Waals surface area contributed by atoms with Crippen molar-refractivity contribution < 1.29 is 9.53 Å². The molecule has 1 N–H and O–H groups in total. The Morgan fingerprint density at radius 3 is 2.68 bits per heavy atom. The number of ether oxygens (including phenoxy) is 1. The molecule has 0 radical (unpaired) electrons. The van der Waals surface area contributed by atoms with Gasteiger partial charge in [0, 0.05) is 57.0 Å². The van der Waals surface area contributed by atoms with Crippen LogP contribution in [0.1, 0.15) is 18.4 Å². The molecule has 5 nitrogen and oxygen atoms in total. The van der Waals surface area contributed by atoms with Gasteiger partial charge in [-0.1, -0.05) is 12.1 Å². The van der Waals surface area contributed by atoms with Crippen molar-refractivity contribution in [3.63, 3.8) is 0 Å². The summed E-state index contributed by atoms with van der Waals surface area (Å²) in [6.45, 7) is 5.59. The van der Waals surface area contributed by atoms with E-state index in [0.717, 1.165) is 51.3 Å². The molecular weight excluding hydrogens is 334 g/mol. The van der Waals surface area contributed by atoms with Gasteiger partial charge >= 0.3 is 0 Å². The van der Waals surface area contributed by atoms with Gasteiger partial charge in [-0.2, -0.15) is 11.8 Å². The number of nitrogens with zero attached hydrogens (tertiary/aromatic N) is 2. The van der Waals surface area contributed by atoms with E-state index in [-0.39, 0.29) is 5.91 Å². The third-order valence-corrected chi connectivity index (χ3v) is 5.90. The van der Waals surface area contributed by atoms with Crippen LogP contribution in [0.15, 0.2) is 24.3 Å². The molecule has 0 unspecified atom stereocenters. The highest BCUT2D eigenvalue weighted by Gasteiger charge is 2.20. The Labute approximate surface area is 155 Å². The molecule has 0 aromatic heterocycles. The number of thioether (sulfide) groups is 1. The van der Waals surface area contributed by atoms with Crippen molar-refractivity contribution in [1.82, 2.24) is 9.80 Å². The molecule has 2 fully saturated rings. The normalized spacial score (nSPS) is 20.5. The largest absolute Gasteiger partial charge is 0.381 e. The molecule has 138 valence electrons. The molecule has 2 heterocycles. The molecule has 0 bridgehead atoms. The second kappa shape index (κ2) is 9.57. The summed E-state index contributed by atoms with van der Waals surface area (Å²) < 4.78 is 5.38. The van der Waals surface area contributed by atoms with Crippen LogP contribution in [0.4, 0.5) is 5.69 Å². The maximum atomic E-state index is 12.3. The molecule has 0 aliphatic carbocycles. The van der Waals surface area contributed by atoms with Crippen LogP contribution in [0.5, 0.6) is 0 Å².